The number of rotatable bonds is 4. The summed E-state index contributed by atoms with van der Waals surface area (Å²) in [6.45, 7) is 0.329. The third-order valence-electron chi connectivity index (χ3n) is 2.64. The zero-order valence-corrected chi connectivity index (χ0v) is 12.2. The minimum atomic E-state index is -0.877. The van der Waals surface area contributed by atoms with Crippen LogP contribution in [0.3, 0.4) is 0 Å². The molecular weight excluding hydrogens is 300 g/mol. The summed E-state index contributed by atoms with van der Waals surface area (Å²) < 4.78 is 25.9. The molecule has 2 aromatic rings. The van der Waals surface area contributed by atoms with E-state index in [0.717, 1.165) is 22.0 Å². The highest BCUT2D eigenvalue weighted by Crippen LogP contribution is 2.41. The average Bonchev–Trinajstić information content (AvgIpc) is 2.75. The third kappa shape index (κ3) is 2.86. The van der Waals surface area contributed by atoms with Gasteiger partial charge in [-0.05, 0) is 24.0 Å². The summed E-state index contributed by atoms with van der Waals surface area (Å²) in [5.74, 6) is -1.75. The van der Waals surface area contributed by atoms with Crippen molar-refractivity contribution in [2.24, 2.45) is 0 Å². The van der Waals surface area contributed by atoms with Crippen molar-refractivity contribution >= 4 is 33.8 Å². The number of thioether (sulfide) groups is 1. The fourth-order valence-electron chi connectivity index (χ4n) is 1.66. The molecule has 20 heavy (non-hydrogen) atoms. The van der Waals surface area contributed by atoms with E-state index in [-0.39, 0.29) is 0 Å². The van der Waals surface area contributed by atoms with E-state index in [0.29, 0.717) is 22.7 Å². The van der Waals surface area contributed by atoms with E-state index in [1.165, 1.54) is 29.2 Å². The Hall–Kier alpha value is -1.78. The fourth-order valence-corrected chi connectivity index (χ4v) is 3.49. The Balaban J connectivity index is 2.18. The Kier molecular flexibility index (Phi) is 4.47. The molecule has 0 radical (unpaired) electrons. The molecule has 0 amide bonds. The highest BCUT2D eigenvalue weighted by atomic mass is 32.2. The zero-order valence-electron chi connectivity index (χ0n) is 10.5. The van der Waals surface area contributed by atoms with Gasteiger partial charge in [0.25, 0.3) is 0 Å². The number of nitriles is 1. The van der Waals surface area contributed by atoms with Gasteiger partial charge in [-0.15, -0.1) is 23.1 Å². The van der Waals surface area contributed by atoms with Gasteiger partial charge in [0.2, 0.25) is 0 Å². The monoisotopic (exact) mass is 311 g/mol. The van der Waals surface area contributed by atoms with E-state index >= 15 is 0 Å². The first-order valence-corrected chi connectivity index (χ1v) is 7.65. The normalized spacial score (nSPS) is 10.3. The van der Waals surface area contributed by atoms with Gasteiger partial charge >= 0.3 is 0 Å². The second-order valence-electron chi connectivity index (χ2n) is 3.92. The molecule has 2 rings (SSSR count). The van der Waals surface area contributed by atoms with Gasteiger partial charge in [-0.2, -0.15) is 5.26 Å². The molecule has 3 N–H and O–H groups in total. The number of benzene rings is 1. The van der Waals surface area contributed by atoms with Gasteiger partial charge in [0.15, 0.2) is 11.6 Å². The highest BCUT2D eigenvalue weighted by molar-refractivity contribution is 7.99. The maximum Gasteiger partial charge on any atom is 0.159 e. The van der Waals surface area contributed by atoms with Crippen LogP contribution in [0.1, 0.15) is 10.4 Å². The van der Waals surface area contributed by atoms with E-state index in [4.69, 9.17) is 11.0 Å². The van der Waals surface area contributed by atoms with E-state index in [9.17, 15) is 8.78 Å². The predicted octanol–water partition coefficient (Wildman–Crippen LogP) is 3.81. The molecule has 0 aliphatic rings. The molecule has 0 bridgehead atoms. The van der Waals surface area contributed by atoms with Crippen molar-refractivity contribution in [1.29, 1.82) is 5.26 Å². The Morgan fingerprint density at radius 2 is 2.15 bits per heavy atom. The van der Waals surface area contributed by atoms with Crippen molar-refractivity contribution in [1.82, 2.24) is 0 Å². The number of nitrogen functional groups attached to an aromatic ring is 1. The molecule has 0 atom stereocenters. The number of thiophene rings is 1. The van der Waals surface area contributed by atoms with Crippen molar-refractivity contribution in [2.45, 2.75) is 11.4 Å². The van der Waals surface area contributed by atoms with Gasteiger partial charge in [0.05, 0.1) is 10.6 Å². The van der Waals surface area contributed by atoms with Crippen LogP contribution in [-0.4, -0.2) is 6.26 Å². The van der Waals surface area contributed by atoms with Crippen LogP contribution in [0, 0.1) is 23.0 Å². The highest BCUT2D eigenvalue weighted by Gasteiger charge is 2.15. The molecule has 0 aliphatic carbocycles. The lowest BCUT2D eigenvalue weighted by Crippen LogP contribution is -2.00. The van der Waals surface area contributed by atoms with Crippen LogP contribution in [0.5, 0.6) is 0 Å². The Bertz CT molecular complexity index is 677. The van der Waals surface area contributed by atoms with Crippen molar-refractivity contribution in [3.8, 4) is 6.07 Å². The van der Waals surface area contributed by atoms with Gasteiger partial charge in [-0.25, -0.2) is 8.78 Å². The van der Waals surface area contributed by atoms with E-state index in [1.807, 2.05) is 12.3 Å². The van der Waals surface area contributed by atoms with Gasteiger partial charge in [0.1, 0.15) is 15.9 Å². The molecule has 0 fully saturated rings. The van der Waals surface area contributed by atoms with Crippen molar-refractivity contribution < 1.29 is 8.78 Å². The van der Waals surface area contributed by atoms with Crippen LogP contribution in [0.2, 0.25) is 0 Å². The number of nitrogens with one attached hydrogen (secondary N) is 1. The molecule has 0 aliphatic heterocycles. The second kappa shape index (κ2) is 6.11. The maximum absolute atomic E-state index is 13.1. The fraction of sp³-hybridized carbons (Fsp3) is 0.154. The molecule has 1 aromatic carbocycles. The van der Waals surface area contributed by atoms with Gasteiger partial charge < -0.3 is 11.1 Å². The molecule has 0 saturated heterocycles. The van der Waals surface area contributed by atoms with Crippen LogP contribution >= 0.6 is 23.1 Å². The first-order chi connectivity index (χ1) is 9.56. The standard InChI is InChI=1S/C13H11F2N3S2/c1-19-12-11(17)10(5-16)20-13(12)18-6-7-2-3-8(14)9(15)4-7/h2-4,18H,6,17H2,1H3. The summed E-state index contributed by atoms with van der Waals surface area (Å²) in [4.78, 5) is 1.25. The second-order valence-corrected chi connectivity index (χ2v) is 5.76. The molecule has 0 saturated carbocycles. The van der Waals surface area contributed by atoms with E-state index in [2.05, 4.69) is 5.32 Å². The Morgan fingerprint density at radius 1 is 1.40 bits per heavy atom. The zero-order chi connectivity index (χ0) is 14.7. The van der Waals surface area contributed by atoms with Crippen LogP contribution in [0.15, 0.2) is 23.1 Å². The molecule has 3 nitrogen and oxygen atoms in total. The third-order valence-corrected chi connectivity index (χ3v) is 4.67. The summed E-state index contributed by atoms with van der Waals surface area (Å²) in [5.41, 5.74) is 6.92. The number of nitrogens with zero attached hydrogens (tertiary/aromatic N) is 1. The number of anilines is 2. The summed E-state index contributed by atoms with van der Waals surface area (Å²) in [6.07, 6.45) is 1.86. The number of halogens is 2. The number of nitrogens with two attached hydrogens (primary N) is 1. The first-order valence-electron chi connectivity index (χ1n) is 5.61. The molecule has 104 valence electrons. The topological polar surface area (TPSA) is 61.8 Å². The van der Waals surface area contributed by atoms with Crippen molar-refractivity contribution in [3.63, 3.8) is 0 Å². The minimum Gasteiger partial charge on any atom is -0.396 e. The van der Waals surface area contributed by atoms with Gasteiger partial charge in [-0.3, -0.25) is 0 Å². The van der Waals surface area contributed by atoms with Crippen LogP contribution in [0.4, 0.5) is 19.5 Å². The minimum absolute atomic E-state index is 0.329. The summed E-state index contributed by atoms with van der Waals surface area (Å²) in [7, 11) is 0. The summed E-state index contributed by atoms with van der Waals surface area (Å²) in [6, 6.07) is 5.77. The smallest absolute Gasteiger partial charge is 0.159 e. The molecule has 0 unspecified atom stereocenters. The SMILES string of the molecule is CSc1c(NCc2ccc(F)c(F)c2)sc(C#N)c1N. The van der Waals surface area contributed by atoms with Crippen LogP contribution in [0.25, 0.3) is 0 Å². The Labute approximate surface area is 123 Å². The maximum atomic E-state index is 13.1. The van der Waals surface area contributed by atoms with Crippen LogP contribution < -0.4 is 11.1 Å². The lowest BCUT2D eigenvalue weighted by atomic mass is 10.2. The van der Waals surface area contributed by atoms with Gasteiger partial charge in [-0.1, -0.05) is 6.07 Å². The van der Waals surface area contributed by atoms with E-state index < -0.39 is 11.6 Å². The summed E-state index contributed by atoms with van der Waals surface area (Å²) in [5, 5.41) is 12.8. The predicted molar refractivity (Wildman–Crippen MR) is 78.9 cm³/mol. The molecule has 0 spiro atoms. The molecule has 1 heterocycles. The molecule has 7 heteroatoms. The van der Waals surface area contributed by atoms with Crippen molar-refractivity contribution in [2.75, 3.05) is 17.3 Å². The molecular formula is C13H11F2N3S2. The Morgan fingerprint density at radius 3 is 2.75 bits per heavy atom. The number of hydrogen-bond donors (Lipinski definition) is 2. The molecule has 1 aromatic heterocycles. The number of hydrogen-bond acceptors (Lipinski definition) is 5. The van der Waals surface area contributed by atoms with Crippen molar-refractivity contribution in [3.05, 3.63) is 40.3 Å². The summed E-state index contributed by atoms with van der Waals surface area (Å²) >= 11 is 2.69. The van der Waals surface area contributed by atoms with Crippen LogP contribution in [-0.2, 0) is 6.54 Å². The largest absolute Gasteiger partial charge is 0.396 e. The van der Waals surface area contributed by atoms with Gasteiger partial charge in [0, 0.05) is 6.54 Å². The van der Waals surface area contributed by atoms with E-state index in [1.54, 1.807) is 0 Å². The average molecular weight is 311 g/mol. The first kappa shape index (κ1) is 14.6. The lowest BCUT2D eigenvalue weighted by molar-refractivity contribution is 0.507. The quantitative estimate of drug-likeness (QED) is 0.843. The lowest BCUT2D eigenvalue weighted by Gasteiger charge is -2.06.